The van der Waals surface area contributed by atoms with E-state index in [1.54, 1.807) is 0 Å². The molecule has 2 saturated heterocycles. The number of rotatable bonds is 4. The number of nitrogens with zero attached hydrogens (tertiary/aromatic N) is 2. The van der Waals surface area contributed by atoms with Crippen molar-refractivity contribution in [2.24, 2.45) is 0 Å². The Morgan fingerprint density at radius 3 is 2.48 bits per heavy atom. The first-order valence-corrected chi connectivity index (χ1v) is 9.30. The van der Waals surface area contributed by atoms with Gasteiger partial charge in [-0.1, -0.05) is 18.2 Å². The summed E-state index contributed by atoms with van der Waals surface area (Å²) >= 11 is 0. The molecule has 2 fully saturated rings. The number of benzene rings is 1. The van der Waals surface area contributed by atoms with E-state index in [1.165, 1.54) is 0 Å². The Balaban J connectivity index is 1.32. The van der Waals surface area contributed by atoms with Gasteiger partial charge in [0.25, 0.3) is 0 Å². The summed E-state index contributed by atoms with van der Waals surface area (Å²) in [6.45, 7) is 1.96. The summed E-state index contributed by atoms with van der Waals surface area (Å²) in [7, 11) is 0. The van der Waals surface area contributed by atoms with Crippen molar-refractivity contribution in [3.8, 4) is 0 Å². The van der Waals surface area contributed by atoms with Gasteiger partial charge in [-0.05, 0) is 42.7 Å². The van der Waals surface area contributed by atoms with E-state index in [2.05, 4.69) is 31.9 Å². The third kappa shape index (κ3) is 4.19. The number of nitrogens with one attached hydrogen (secondary N) is 3. The van der Waals surface area contributed by atoms with E-state index in [4.69, 9.17) is 0 Å². The molecule has 27 heavy (non-hydrogen) atoms. The number of pyridine rings is 1. The first-order valence-electron chi connectivity index (χ1n) is 9.30. The van der Waals surface area contributed by atoms with Gasteiger partial charge in [-0.25, -0.2) is 9.78 Å². The zero-order chi connectivity index (χ0) is 18.6. The molecule has 3 heterocycles. The molecule has 2 aliphatic rings. The molecule has 0 bridgehead atoms. The van der Waals surface area contributed by atoms with Gasteiger partial charge in [0, 0.05) is 31.0 Å². The zero-order valence-electron chi connectivity index (χ0n) is 15.0. The van der Waals surface area contributed by atoms with Gasteiger partial charge in [-0.3, -0.25) is 10.1 Å². The van der Waals surface area contributed by atoms with Crippen molar-refractivity contribution in [2.45, 2.75) is 31.3 Å². The molecule has 0 radical (unpaired) electrons. The Bertz CT molecular complexity index is 785. The fourth-order valence-corrected chi connectivity index (χ4v) is 3.65. The Morgan fingerprint density at radius 1 is 1.04 bits per heavy atom. The average Bonchev–Trinajstić information content (AvgIpc) is 2.69. The monoisotopic (exact) mass is 365 g/mol. The van der Waals surface area contributed by atoms with Crippen LogP contribution in [-0.2, 0) is 4.79 Å². The summed E-state index contributed by atoms with van der Waals surface area (Å²) in [6.07, 6.45) is 4.21. The van der Waals surface area contributed by atoms with E-state index in [-0.39, 0.29) is 18.4 Å². The molecule has 1 aromatic heterocycles. The van der Waals surface area contributed by atoms with Crippen molar-refractivity contribution in [2.75, 3.05) is 23.3 Å². The van der Waals surface area contributed by atoms with Gasteiger partial charge in [-0.15, -0.1) is 0 Å². The van der Waals surface area contributed by atoms with Crippen molar-refractivity contribution in [1.82, 2.24) is 15.6 Å². The number of carbonyl (C=O) groups is 2. The van der Waals surface area contributed by atoms with Crippen LogP contribution in [0.1, 0.15) is 30.9 Å². The fourth-order valence-electron chi connectivity index (χ4n) is 3.65. The molecule has 7 nitrogen and oxygen atoms in total. The molecule has 0 saturated carbocycles. The lowest BCUT2D eigenvalue weighted by Gasteiger charge is -2.33. The molecule has 1 unspecified atom stereocenters. The van der Waals surface area contributed by atoms with Crippen LogP contribution in [0.4, 0.5) is 16.3 Å². The Hall–Kier alpha value is -3.09. The average molecular weight is 365 g/mol. The summed E-state index contributed by atoms with van der Waals surface area (Å²) in [5, 5.41) is 8.62. The largest absolute Gasteiger partial charge is 0.382 e. The maximum absolute atomic E-state index is 11.5. The van der Waals surface area contributed by atoms with E-state index in [0.29, 0.717) is 6.04 Å². The fraction of sp³-hybridized carbons (Fsp3) is 0.350. The van der Waals surface area contributed by atoms with Crippen LogP contribution in [0, 0.1) is 0 Å². The van der Waals surface area contributed by atoms with E-state index < -0.39 is 6.03 Å². The lowest BCUT2D eigenvalue weighted by molar-refractivity contribution is -0.121. The third-order valence-corrected chi connectivity index (χ3v) is 5.10. The summed E-state index contributed by atoms with van der Waals surface area (Å²) in [4.78, 5) is 29.7. The summed E-state index contributed by atoms with van der Waals surface area (Å²) in [5.74, 6) is 0.796. The van der Waals surface area contributed by atoms with E-state index in [1.807, 2.05) is 42.6 Å². The molecule has 140 valence electrons. The molecule has 3 N–H and O–H groups in total. The number of piperidine rings is 1. The topological polar surface area (TPSA) is 86.4 Å². The minimum atomic E-state index is -0.432. The van der Waals surface area contributed by atoms with Crippen molar-refractivity contribution < 1.29 is 9.59 Å². The number of hydrogen-bond donors (Lipinski definition) is 3. The number of anilines is 2. The normalized spacial score (nSPS) is 20.7. The number of urea groups is 1. The summed E-state index contributed by atoms with van der Waals surface area (Å²) in [6, 6.07) is 13.7. The van der Waals surface area contributed by atoms with Crippen molar-refractivity contribution in [3.05, 3.63) is 54.2 Å². The Labute approximate surface area is 158 Å². The van der Waals surface area contributed by atoms with Gasteiger partial charge < -0.3 is 15.5 Å². The smallest absolute Gasteiger partial charge is 0.321 e. The van der Waals surface area contributed by atoms with Crippen LogP contribution in [0.25, 0.3) is 0 Å². The predicted octanol–water partition coefficient (Wildman–Crippen LogP) is 2.43. The van der Waals surface area contributed by atoms with Gasteiger partial charge >= 0.3 is 6.03 Å². The second-order valence-corrected chi connectivity index (χ2v) is 6.99. The first-order chi connectivity index (χ1) is 13.2. The van der Waals surface area contributed by atoms with Crippen LogP contribution in [0.5, 0.6) is 0 Å². The quantitative estimate of drug-likeness (QED) is 0.775. The standard InChI is InChI=1S/C20H23N5O2/c26-19-13-17(23-20(27)24-19)14-4-6-15(7-5-14)22-16-8-11-25(12-9-16)18-3-1-2-10-21-18/h1-7,10,16-17,22H,8-9,11-13H2,(H2,23,24,26,27). The number of imide groups is 1. The van der Waals surface area contributed by atoms with Gasteiger partial charge in [0.1, 0.15) is 5.82 Å². The number of carbonyl (C=O) groups excluding carboxylic acids is 2. The molecule has 3 amide bonds. The molecule has 4 rings (SSSR count). The molecule has 7 heteroatoms. The van der Waals surface area contributed by atoms with Crippen molar-refractivity contribution in [1.29, 1.82) is 0 Å². The van der Waals surface area contributed by atoms with E-state index >= 15 is 0 Å². The van der Waals surface area contributed by atoms with Gasteiger partial charge in [0.2, 0.25) is 5.91 Å². The maximum Gasteiger partial charge on any atom is 0.321 e. The SMILES string of the molecule is O=C1CC(c2ccc(NC3CCN(c4ccccn4)CC3)cc2)NC(=O)N1. The number of amides is 3. The highest BCUT2D eigenvalue weighted by molar-refractivity contribution is 5.97. The highest BCUT2D eigenvalue weighted by Gasteiger charge is 2.25. The highest BCUT2D eigenvalue weighted by atomic mass is 16.2. The molecular weight excluding hydrogens is 342 g/mol. The minimum Gasteiger partial charge on any atom is -0.382 e. The predicted molar refractivity (Wildman–Crippen MR) is 104 cm³/mol. The zero-order valence-corrected chi connectivity index (χ0v) is 15.0. The second-order valence-electron chi connectivity index (χ2n) is 6.99. The van der Waals surface area contributed by atoms with Crippen LogP contribution in [0.15, 0.2) is 48.7 Å². The maximum atomic E-state index is 11.5. The van der Waals surface area contributed by atoms with Crippen LogP contribution >= 0.6 is 0 Å². The van der Waals surface area contributed by atoms with Crippen LogP contribution < -0.4 is 20.9 Å². The molecular formula is C20H23N5O2. The second kappa shape index (κ2) is 7.65. The van der Waals surface area contributed by atoms with Crippen molar-refractivity contribution >= 4 is 23.4 Å². The molecule has 2 aromatic rings. The van der Waals surface area contributed by atoms with Crippen LogP contribution in [0.3, 0.4) is 0 Å². The van der Waals surface area contributed by atoms with Gasteiger partial charge in [0.15, 0.2) is 0 Å². The van der Waals surface area contributed by atoms with E-state index in [0.717, 1.165) is 43.0 Å². The lowest BCUT2D eigenvalue weighted by atomic mass is 10.0. The summed E-state index contributed by atoms with van der Waals surface area (Å²) in [5.41, 5.74) is 2.00. The van der Waals surface area contributed by atoms with Crippen LogP contribution in [0.2, 0.25) is 0 Å². The van der Waals surface area contributed by atoms with Crippen molar-refractivity contribution in [3.63, 3.8) is 0 Å². The lowest BCUT2D eigenvalue weighted by Crippen LogP contribution is -2.48. The third-order valence-electron chi connectivity index (χ3n) is 5.10. The highest BCUT2D eigenvalue weighted by Crippen LogP contribution is 2.23. The molecule has 0 spiro atoms. The minimum absolute atomic E-state index is 0.245. The number of aromatic nitrogens is 1. The first kappa shape index (κ1) is 17.3. The molecule has 1 aromatic carbocycles. The van der Waals surface area contributed by atoms with Gasteiger partial charge in [-0.2, -0.15) is 0 Å². The Kier molecular flexibility index (Phi) is 4.91. The Morgan fingerprint density at radius 2 is 1.81 bits per heavy atom. The molecule has 2 aliphatic heterocycles. The number of hydrogen-bond acceptors (Lipinski definition) is 5. The molecule has 0 aliphatic carbocycles. The van der Waals surface area contributed by atoms with E-state index in [9.17, 15) is 9.59 Å². The molecule has 1 atom stereocenters. The summed E-state index contributed by atoms with van der Waals surface area (Å²) < 4.78 is 0. The van der Waals surface area contributed by atoms with Crippen LogP contribution in [-0.4, -0.2) is 36.1 Å². The van der Waals surface area contributed by atoms with Gasteiger partial charge in [0.05, 0.1) is 12.5 Å².